The first kappa shape index (κ1) is 22.1. The number of rotatable bonds is 8. The summed E-state index contributed by atoms with van der Waals surface area (Å²) in [6.07, 6.45) is 0. The third kappa shape index (κ3) is 5.20. The van der Waals surface area contributed by atoms with Crippen molar-refractivity contribution in [1.29, 1.82) is 0 Å². The summed E-state index contributed by atoms with van der Waals surface area (Å²) < 4.78 is 11.7. The lowest BCUT2D eigenvalue weighted by Crippen LogP contribution is -2.04. The molecule has 0 spiro atoms. The number of ether oxygens (including phenoxy) is 2. The Bertz CT molecular complexity index is 1240. The lowest BCUT2D eigenvalue weighted by atomic mass is 10.2. The topological polar surface area (TPSA) is 73.3 Å². The van der Waals surface area contributed by atoms with Crippen LogP contribution in [0.4, 0.5) is 11.5 Å². The molecule has 0 aliphatic heterocycles. The Balaban J connectivity index is 1.62. The fourth-order valence-electron chi connectivity index (χ4n) is 3.08. The van der Waals surface area contributed by atoms with Crippen LogP contribution in [0.3, 0.4) is 0 Å². The van der Waals surface area contributed by atoms with Gasteiger partial charge in [0.15, 0.2) is 10.9 Å². The average Bonchev–Trinajstić information content (AvgIpc) is 2.82. The summed E-state index contributed by atoms with van der Waals surface area (Å²) in [4.78, 5) is 21.9. The zero-order chi connectivity index (χ0) is 22.5. The highest BCUT2D eigenvalue weighted by molar-refractivity contribution is 9.10. The predicted octanol–water partition coefficient (Wildman–Crippen LogP) is 6.13. The van der Waals surface area contributed by atoms with Crippen LogP contribution in [-0.2, 0) is 0 Å². The number of nitrogens with one attached hydrogen (secondary N) is 1. The molecule has 4 aromatic rings. The maximum absolute atomic E-state index is 12.6. The number of Topliss-reactive ketones (excluding diaryl/α,β-unsaturated/α-hetero) is 1. The second-order valence-corrected chi connectivity index (χ2v) is 8.68. The quantitative estimate of drug-likeness (QED) is 0.174. The van der Waals surface area contributed by atoms with Crippen LogP contribution in [-0.4, -0.2) is 35.7 Å². The monoisotopic (exact) mass is 509 g/mol. The van der Waals surface area contributed by atoms with Crippen LogP contribution in [0.25, 0.3) is 10.9 Å². The Hall–Kier alpha value is -3.10. The van der Waals surface area contributed by atoms with Crippen LogP contribution in [0.2, 0.25) is 0 Å². The molecule has 0 fully saturated rings. The minimum atomic E-state index is 0.0197. The second-order valence-electron chi connectivity index (χ2n) is 6.82. The molecule has 1 heterocycles. The number of nitrogens with zero attached hydrogens (tertiary/aromatic N) is 2. The lowest BCUT2D eigenvalue weighted by molar-refractivity contribution is 0.102. The van der Waals surface area contributed by atoms with Gasteiger partial charge in [-0.2, -0.15) is 0 Å². The molecule has 0 radical (unpaired) electrons. The van der Waals surface area contributed by atoms with E-state index in [4.69, 9.17) is 9.47 Å². The van der Waals surface area contributed by atoms with Gasteiger partial charge in [-0.3, -0.25) is 4.79 Å². The first-order valence-electron chi connectivity index (χ1n) is 9.74. The Morgan fingerprint density at radius 3 is 2.34 bits per heavy atom. The summed E-state index contributed by atoms with van der Waals surface area (Å²) in [5, 5.41) is 4.74. The maximum Gasteiger partial charge on any atom is 0.190 e. The minimum absolute atomic E-state index is 0.0197. The van der Waals surface area contributed by atoms with Crippen LogP contribution in [0, 0.1) is 0 Å². The SMILES string of the molecule is COc1cc(Nc2nc(SCC(=O)c3ccc(Br)cc3)nc3ccccc23)cc(OC)c1. The molecule has 0 amide bonds. The van der Waals surface area contributed by atoms with E-state index < -0.39 is 0 Å². The van der Waals surface area contributed by atoms with E-state index in [0.29, 0.717) is 28.0 Å². The Kier molecular flexibility index (Phi) is 6.92. The van der Waals surface area contributed by atoms with Crippen molar-refractivity contribution < 1.29 is 14.3 Å². The van der Waals surface area contributed by atoms with Crippen LogP contribution < -0.4 is 14.8 Å². The number of carbonyl (C=O) groups is 1. The van der Waals surface area contributed by atoms with Crippen LogP contribution in [0.15, 0.2) is 76.4 Å². The number of thioether (sulfide) groups is 1. The van der Waals surface area contributed by atoms with Gasteiger partial charge in [-0.15, -0.1) is 0 Å². The molecule has 0 aliphatic rings. The van der Waals surface area contributed by atoms with E-state index in [0.717, 1.165) is 21.1 Å². The van der Waals surface area contributed by atoms with Crippen molar-refractivity contribution in [2.24, 2.45) is 0 Å². The second kappa shape index (κ2) is 10.0. The van der Waals surface area contributed by atoms with E-state index in [2.05, 4.69) is 31.2 Å². The van der Waals surface area contributed by atoms with Gasteiger partial charge in [0.2, 0.25) is 0 Å². The molecule has 1 aromatic heterocycles. The highest BCUT2D eigenvalue weighted by Gasteiger charge is 2.13. The van der Waals surface area contributed by atoms with E-state index >= 15 is 0 Å². The maximum atomic E-state index is 12.6. The third-order valence-corrected chi connectivity index (χ3v) is 6.07. The van der Waals surface area contributed by atoms with Crippen molar-refractivity contribution in [1.82, 2.24) is 9.97 Å². The van der Waals surface area contributed by atoms with Gasteiger partial charge >= 0.3 is 0 Å². The average molecular weight is 510 g/mol. The van der Waals surface area contributed by atoms with E-state index in [-0.39, 0.29) is 11.5 Å². The van der Waals surface area contributed by atoms with E-state index in [1.807, 2.05) is 48.5 Å². The summed E-state index contributed by atoms with van der Waals surface area (Å²) in [6.45, 7) is 0. The molecule has 0 atom stereocenters. The van der Waals surface area contributed by atoms with Crippen molar-refractivity contribution in [3.05, 3.63) is 76.8 Å². The highest BCUT2D eigenvalue weighted by Crippen LogP contribution is 2.31. The van der Waals surface area contributed by atoms with Crippen LogP contribution >= 0.6 is 27.7 Å². The van der Waals surface area contributed by atoms with Gasteiger partial charge < -0.3 is 14.8 Å². The van der Waals surface area contributed by atoms with Gasteiger partial charge in [-0.25, -0.2) is 9.97 Å². The Morgan fingerprint density at radius 1 is 0.969 bits per heavy atom. The molecule has 3 aromatic carbocycles. The minimum Gasteiger partial charge on any atom is -0.497 e. The van der Waals surface area contributed by atoms with Gasteiger partial charge in [-0.05, 0) is 24.3 Å². The van der Waals surface area contributed by atoms with E-state index in [1.165, 1.54) is 11.8 Å². The first-order chi connectivity index (χ1) is 15.6. The van der Waals surface area contributed by atoms with Gasteiger partial charge in [0.1, 0.15) is 17.3 Å². The van der Waals surface area contributed by atoms with Gasteiger partial charge in [0.25, 0.3) is 0 Å². The number of hydrogen-bond acceptors (Lipinski definition) is 7. The number of hydrogen-bond donors (Lipinski definition) is 1. The van der Waals surface area contributed by atoms with Crippen molar-refractivity contribution >= 4 is 55.9 Å². The molecule has 162 valence electrons. The Labute approximate surface area is 198 Å². The summed E-state index contributed by atoms with van der Waals surface area (Å²) in [5.41, 5.74) is 2.22. The van der Waals surface area contributed by atoms with E-state index in [1.54, 1.807) is 32.4 Å². The van der Waals surface area contributed by atoms with Gasteiger partial charge in [0, 0.05) is 39.3 Å². The summed E-state index contributed by atoms with van der Waals surface area (Å²) in [5.74, 6) is 2.24. The molecule has 4 rings (SSSR count). The van der Waals surface area contributed by atoms with Gasteiger partial charge in [-0.1, -0.05) is 52.0 Å². The summed E-state index contributed by atoms with van der Waals surface area (Å²) in [6, 6.07) is 20.6. The molecular weight excluding hydrogens is 490 g/mol. The molecule has 1 N–H and O–H groups in total. The largest absolute Gasteiger partial charge is 0.497 e. The number of fused-ring (bicyclic) bond motifs is 1. The molecule has 6 nitrogen and oxygen atoms in total. The third-order valence-electron chi connectivity index (χ3n) is 4.70. The highest BCUT2D eigenvalue weighted by atomic mass is 79.9. The standard InChI is InChI=1S/C24H20BrN3O3S/c1-30-18-11-17(12-19(13-18)31-2)26-23-20-5-3-4-6-21(20)27-24(28-23)32-14-22(29)15-7-9-16(25)10-8-15/h3-13H,14H2,1-2H3,(H,26,27,28). The zero-order valence-electron chi connectivity index (χ0n) is 17.5. The number of aromatic nitrogens is 2. The van der Waals surface area contributed by atoms with Crippen LogP contribution in [0.1, 0.15) is 10.4 Å². The molecule has 0 unspecified atom stereocenters. The smallest absolute Gasteiger partial charge is 0.190 e. The number of ketones is 1. The molecule has 8 heteroatoms. The number of para-hydroxylation sites is 1. The van der Waals surface area contributed by atoms with Gasteiger partial charge in [0.05, 0.1) is 25.5 Å². The van der Waals surface area contributed by atoms with Crippen molar-refractivity contribution in [2.45, 2.75) is 5.16 Å². The fraction of sp³-hybridized carbons (Fsp3) is 0.125. The molecule has 32 heavy (non-hydrogen) atoms. The lowest BCUT2D eigenvalue weighted by Gasteiger charge is -2.13. The van der Waals surface area contributed by atoms with Crippen molar-refractivity contribution in [2.75, 3.05) is 25.3 Å². The molecule has 0 aliphatic carbocycles. The number of benzene rings is 3. The fourth-order valence-corrected chi connectivity index (χ4v) is 4.09. The number of methoxy groups -OCH3 is 2. The predicted molar refractivity (Wildman–Crippen MR) is 132 cm³/mol. The van der Waals surface area contributed by atoms with Crippen molar-refractivity contribution in [3.63, 3.8) is 0 Å². The van der Waals surface area contributed by atoms with E-state index in [9.17, 15) is 4.79 Å². The summed E-state index contributed by atoms with van der Waals surface area (Å²) >= 11 is 4.70. The molecule has 0 bridgehead atoms. The number of carbonyl (C=O) groups excluding carboxylic acids is 1. The Morgan fingerprint density at radius 2 is 1.66 bits per heavy atom. The molecule has 0 saturated carbocycles. The molecular formula is C24H20BrN3O3S. The normalized spacial score (nSPS) is 10.7. The zero-order valence-corrected chi connectivity index (χ0v) is 19.9. The first-order valence-corrected chi connectivity index (χ1v) is 11.5. The number of halogens is 1. The summed E-state index contributed by atoms with van der Waals surface area (Å²) in [7, 11) is 3.21. The van der Waals surface area contributed by atoms with Crippen molar-refractivity contribution in [3.8, 4) is 11.5 Å². The number of anilines is 2. The van der Waals surface area contributed by atoms with Crippen LogP contribution in [0.5, 0.6) is 11.5 Å². The molecule has 0 saturated heterocycles.